The minimum atomic E-state index is -0.289. The van der Waals surface area contributed by atoms with Crippen LogP contribution in [0.15, 0.2) is 0 Å². The van der Waals surface area contributed by atoms with Gasteiger partial charge in [-0.15, -0.1) is 0 Å². The third kappa shape index (κ3) is 3.92. The number of hydrogen-bond donors (Lipinski definition) is 1. The first-order valence-electron chi connectivity index (χ1n) is 2.10. The molecule has 1 atom stereocenters. The summed E-state index contributed by atoms with van der Waals surface area (Å²) in [5.41, 5.74) is 6.57. The van der Waals surface area contributed by atoms with Gasteiger partial charge in [-0.25, -0.2) is 0 Å². The van der Waals surface area contributed by atoms with Crippen LogP contribution in [0.25, 0.3) is 0 Å². The highest BCUT2D eigenvalue weighted by molar-refractivity contribution is 4.43. The Morgan fingerprint density at radius 3 is 2.33 bits per heavy atom. The van der Waals surface area contributed by atoms with Gasteiger partial charge in [0.1, 0.15) is 0 Å². The summed E-state index contributed by atoms with van der Waals surface area (Å²) in [5, 5.41) is 8.43. The van der Waals surface area contributed by atoms with Crippen LogP contribution in [0.2, 0.25) is 0 Å². The van der Waals surface area contributed by atoms with Crippen LogP contribution < -0.4 is 5.73 Å². The van der Waals surface area contributed by atoms with E-state index in [1.54, 1.807) is 6.92 Å². The van der Waals surface area contributed by atoms with Gasteiger partial charge >= 0.3 is 0 Å². The van der Waals surface area contributed by atoms with Crippen molar-refractivity contribution in [1.82, 2.24) is 5.73 Å². The summed E-state index contributed by atoms with van der Waals surface area (Å²) in [7, 11) is 0. The molecule has 0 aliphatic heterocycles. The summed E-state index contributed by atoms with van der Waals surface area (Å²) < 4.78 is 0. The van der Waals surface area contributed by atoms with Crippen molar-refractivity contribution in [2.45, 2.75) is 19.4 Å². The molecule has 37 valence electrons. The van der Waals surface area contributed by atoms with Crippen molar-refractivity contribution in [1.29, 1.82) is 0 Å². The maximum atomic E-state index is 8.43. The molecule has 0 aromatic heterocycles. The van der Waals surface area contributed by atoms with Crippen LogP contribution in [0.5, 0.6) is 0 Å². The second-order valence-electron chi connectivity index (χ2n) is 1.39. The Morgan fingerprint density at radius 1 is 1.83 bits per heavy atom. The molecule has 0 spiro atoms. The average molecular weight is 88.1 g/mol. The van der Waals surface area contributed by atoms with E-state index in [-0.39, 0.29) is 6.10 Å². The second kappa shape index (κ2) is 3.12. The molecule has 1 radical (unpaired) electrons. The van der Waals surface area contributed by atoms with Crippen LogP contribution in [-0.4, -0.2) is 17.8 Å². The largest absolute Gasteiger partial charge is 0.393 e. The highest BCUT2D eigenvalue weighted by Gasteiger charge is 1.88. The van der Waals surface area contributed by atoms with Crippen LogP contribution >= 0.6 is 0 Å². The first-order chi connectivity index (χ1) is 2.77. The fourth-order valence-electron chi connectivity index (χ4n) is 0.209. The lowest BCUT2D eigenvalue weighted by Gasteiger charge is -1.95. The van der Waals surface area contributed by atoms with Gasteiger partial charge in [0, 0.05) is 6.54 Å². The number of nitrogens with one attached hydrogen (secondary N) is 1. The van der Waals surface area contributed by atoms with Crippen LogP contribution in [0.4, 0.5) is 0 Å². The van der Waals surface area contributed by atoms with Crippen molar-refractivity contribution in [2.24, 2.45) is 0 Å². The molecule has 0 saturated carbocycles. The quantitative estimate of drug-likeness (QED) is 0.509. The smallest absolute Gasteiger partial charge is 0.0524 e. The molecule has 2 heteroatoms. The van der Waals surface area contributed by atoms with Crippen molar-refractivity contribution in [3.8, 4) is 0 Å². The summed E-state index contributed by atoms with van der Waals surface area (Å²) in [6.07, 6.45) is 0.308. The van der Waals surface area contributed by atoms with Gasteiger partial charge in [0.2, 0.25) is 0 Å². The van der Waals surface area contributed by atoms with Crippen LogP contribution in [0.3, 0.4) is 0 Å². The minimum Gasteiger partial charge on any atom is -0.393 e. The van der Waals surface area contributed by atoms with E-state index in [2.05, 4.69) is 0 Å². The molecule has 2 nitrogen and oxygen atoms in total. The van der Waals surface area contributed by atoms with Gasteiger partial charge in [0.05, 0.1) is 6.10 Å². The number of aliphatic hydroxyl groups excluding tert-OH is 1. The lowest BCUT2D eigenvalue weighted by Crippen LogP contribution is -2.02. The summed E-state index contributed by atoms with van der Waals surface area (Å²) >= 11 is 0. The molecular formula is C4H10NO. The monoisotopic (exact) mass is 88.1 g/mol. The molecule has 0 aliphatic rings. The topological polar surface area (TPSA) is 44.0 Å². The average Bonchev–Trinajstić information content (AvgIpc) is 1.35. The van der Waals surface area contributed by atoms with Gasteiger partial charge in [-0.1, -0.05) is 0 Å². The van der Waals surface area contributed by atoms with Crippen molar-refractivity contribution in [2.75, 3.05) is 6.54 Å². The Kier molecular flexibility index (Phi) is 3.08. The fourth-order valence-corrected chi connectivity index (χ4v) is 0.209. The molecule has 0 heterocycles. The Balaban J connectivity index is 2.63. The summed E-state index contributed by atoms with van der Waals surface area (Å²) in [6, 6.07) is 0. The molecule has 0 aromatic carbocycles. The highest BCUT2D eigenvalue weighted by Crippen LogP contribution is 1.82. The van der Waals surface area contributed by atoms with Crippen molar-refractivity contribution >= 4 is 0 Å². The van der Waals surface area contributed by atoms with Gasteiger partial charge in [0.15, 0.2) is 0 Å². The minimum absolute atomic E-state index is 0.289. The molecule has 0 saturated heterocycles. The van der Waals surface area contributed by atoms with E-state index in [9.17, 15) is 0 Å². The van der Waals surface area contributed by atoms with E-state index in [1.165, 1.54) is 0 Å². The zero-order valence-corrected chi connectivity index (χ0v) is 3.94. The zero-order valence-electron chi connectivity index (χ0n) is 3.94. The van der Waals surface area contributed by atoms with E-state index >= 15 is 0 Å². The van der Waals surface area contributed by atoms with Crippen molar-refractivity contribution < 1.29 is 5.11 Å². The molecular weight excluding hydrogens is 78.0 g/mol. The van der Waals surface area contributed by atoms with Crippen LogP contribution in [0, 0.1) is 0 Å². The van der Waals surface area contributed by atoms with Crippen LogP contribution in [0.1, 0.15) is 13.3 Å². The van der Waals surface area contributed by atoms with E-state index in [0.29, 0.717) is 13.0 Å². The second-order valence-corrected chi connectivity index (χ2v) is 1.39. The number of rotatable bonds is 2. The Morgan fingerprint density at radius 2 is 2.33 bits per heavy atom. The lowest BCUT2D eigenvalue weighted by atomic mass is 10.3. The molecule has 0 aliphatic carbocycles. The van der Waals surface area contributed by atoms with E-state index in [1.807, 2.05) is 0 Å². The molecule has 6 heavy (non-hydrogen) atoms. The molecule has 0 aromatic rings. The molecule has 0 rings (SSSR count). The lowest BCUT2D eigenvalue weighted by molar-refractivity contribution is 0.187. The van der Waals surface area contributed by atoms with E-state index in [4.69, 9.17) is 10.8 Å². The standard InChI is InChI=1S/C4H10NO/c1-4(6)2-3-5/h4-6H,2-3H2,1H3. The third-order valence-corrected chi connectivity index (χ3v) is 0.562. The van der Waals surface area contributed by atoms with E-state index < -0.39 is 0 Å². The van der Waals surface area contributed by atoms with Crippen molar-refractivity contribution in [3.05, 3.63) is 0 Å². The van der Waals surface area contributed by atoms with Crippen molar-refractivity contribution in [3.63, 3.8) is 0 Å². The van der Waals surface area contributed by atoms with E-state index in [0.717, 1.165) is 0 Å². The maximum absolute atomic E-state index is 8.43. The summed E-state index contributed by atoms with van der Waals surface area (Å²) in [6.45, 7) is 2.02. The first-order valence-corrected chi connectivity index (χ1v) is 2.10. The van der Waals surface area contributed by atoms with Crippen LogP contribution in [-0.2, 0) is 0 Å². The number of aliphatic hydroxyl groups is 1. The normalized spacial score (nSPS) is 14.5. The molecule has 0 bridgehead atoms. The van der Waals surface area contributed by atoms with Gasteiger partial charge in [0.25, 0.3) is 0 Å². The molecule has 2 N–H and O–H groups in total. The molecule has 1 unspecified atom stereocenters. The summed E-state index contributed by atoms with van der Waals surface area (Å²) in [4.78, 5) is 0. The SMILES string of the molecule is CC(O)CC[NH]. The number of hydrogen-bond acceptors (Lipinski definition) is 1. The Labute approximate surface area is 38.0 Å². The predicted octanol–water partition coefficient (Wildman–Crippen LogP) is 0.0402. The third-order valence-electron chi connectivity index (χ3n) is 0.562. The fraction of sp³-hybridized carbons (Fsp3) is 1.00. The Hall–Kier alpha value is -0.0800. The van der Waals surface area contributed by atoms with Gasteiger partial charge in [-0.2, -0.15) is 0 Å². The van der Waals surface area contributed by atoms with Gasteiger partial charge in [-0.3, -0.25) is 5.73 Å². The molecule has 0 amide bonds. The maximum Gasteiger partial charge on any atom is 0.0524 e. The van der Waals surface area contributed by atoms with Gasteiger partial charge in [-0.05, 0) is 13.3 Å². The van der Waals surface area contributed by atoms with Gasteiger partial charge < -0.3 is 5.11 Å². The molecule has 0 fully saturated rings. The highest BCUT2D eigenvalue weighted by atomic mass is 16.3. The summed E-state index contributed by atoms with van der Waals surface area (Å²) in [5.74, 6) is 0. The first kappa shape index (κ1) is 5.92. The Bertz CT molecular complexity index is 28.7. The zero-order chi connectivity index (χ0) is 4.99. The predicted molar refractivity (Wildman–Crippen MR) is 24.3 cm³/mol.